The monoisotopic (exact) mass is 388 g/mol. The Hall–Kier alpha value is -1.95. The Balaban J connectivity index is 1.65. The van der Waals surface area contributed by atoms with Crippen molar-refractivity contribution >= 4 is 27.8 Å². The molecule has 1 aromatic carbocycles. The molecule has 0 spiro atoms. The third kappa shape index (κ3) is 3.93. The van der Waals surface area contributed by atoms with Crippen molar-refractivity contribution in [1.82, 2.24) is 14.9 Å². The van der Waals surface area contributed by atoms with Crippen molar-refractivity contribution in [3.8, 4) is 0 Å². The first-order chi connectivity index (χ1) is 11.6. The summed E-state index contributed by atoms with van der Waals surface area (Å²) in [5.41, 5.74) is 1.12. The fourth-order valence-electron chi connectivity index (χ4n) is 3.09. The van der Waals surface area contributed by atoms with Gasteiger partial charge in [-0.1, -0.05) is 34.1 Å². The molecule has 1 aliphatic rings. The Bertz CT molecular complexity index is 694. The van der Waals surface area contributed by atoms with Crippen LogP contribution in [0.4, 0.5) is 5.95 Å². The summed E-state index contributed by atoms with van der Waals surface area (Å²) in [4.78, 5) is 25.4. The lowest BCUT2D eigenvalue weighted by molar-refractivity contribution is -0.135. The van der Waals surface area contributed by atoms with Crippen LogP contribution in [0.1, 0.15) is 18.4 Å². The second-order valence-electron chi connectivity index (χ2n) is 6.12. The lowest BCUT2D eigenvalue weighted by Crippen LogP contribution is -2.44. The van der Waals surface area contributed by atoms with Gasteiger partial charge in [0.2, 0.25) is 11.9 Å². The van der Waals surface area contributed by atoms with Crippen LogP contribution >= 0.6 is 15.9 Å². The largest absolute Gasteiger partial charge is 0.341 e. The summed E-state index contributed by atoms with van der Waals surface area (Å²) < 4.78 is 1.03. The number of anilines is 1. The Morgan fingerprint density at radius 3 is 2.79 bits per heavy atom. The number of nitrogens with zero attached hydrogens (tertiary/aromatic N) is 4. The molecular formula is C18H21BrN4O. The summed E-state index contributed by atoms with van der Waals surface area (Å²) in [7, 11) is 1.87. The molecule has 0 radical (unpaired) electrons. The highest BCUT2D eigenvalue weighted by Crippen LogP contribution is 2.23. The number of rotatable bonds is 4. The van der Waals surface area contributed by atoms with Gasteiger partial charge in [-0.2, -0.15) is 0 Å². The smallest absolute Gasteiger partial charge is 0.227 e. The molecule has 1 unspecified atom stereocenters. The molecule has 24 heavy (non-hydrogen) atoms. The van der Waals surface area contributed by atoms with Gasteiger partial charge >= 0.3 is 0 Å². The van der Waals surface area contributed by atoms with Gasteiger partial charge in [0.15, 0.2) is 0 Å². The summed E-state index contributed by atoms with van der Waals surface area (Å²) in [5.74, 6) is 0.893. The minimum Gasteiger partial charge on any atom is -0.341 e. The second-order valence-corrected chi connectivity index (χ2v) is 6.97. The van der Waals surface area contributed by atoms with Gasteiger partial charge in [-0.25, -0.2) is 9.97 Å². The van der Waals surface area contributed by atoms with E-state index in [0.29, 0.717) is 19.0 Å². The van der Waals surface area contributed by atoms with Gasteiger partial charge in [-0.3, -0.25) is 4.79 Å². The zero-order valence-corrected chi connectivity index (χ0v) is 15.3. The lowest BCUT2D eigenvalue weighted by atomic mass is 9.96. The number of hydrogen-bond donors (Lipinski definition) is 0. The molecule has 1 aliphatic heterocycles. The van der Waals surface area contributed by atoms with Crippen molar-refractivity contribution in [1.29, 1.82) is 0 Å². The average Bonchev–Trinajstić information content (AvgIpc) is 2.64. The number of benzene rings is 1. The van der Waals surface area contributed by atoms with Crippen LogP contribution in [0.5, 0.6) is 0 Å². The van der Waals surface area contributed by atoms with Crippen LogP contribution in [-0.2, 0) is 11.3 Å². The van der Waals surface area contributed by atoms with E-state index >= 15 is 0 Å². The highest BCUT2D eigenvalue weighted by molar-refractivity contribution is 9.10. The van der Waals surface area contributed by atoms with Crippen LogP contribution in [0.3, 0.4) is 0 Å². The van der Waals surface area contributed by atoms with E-state index in [2.05, 4.69) is 30.8 Å². The summed E-state index contributed by atoms with van der Waals surface area (Å²) in [6.07, 6.45) is 5.39. The predicted octanol–water partition coefficient (Wildman–Crippen LogP) is 3.11. The number of piperidine rings is 1. The minimum absolute atomic E-state index is 0.00459. The third-order valence-corrected chi connectivity index (χ3v) is 5.12. The summed E-state index contributed by atoms with van der Waals surface area (Å²) in [6, 6.07) is 9.82. The van der Waals surface area contributed by atoms with E-state index in [0.717, 1.165) is 29.4 Å². The highest BCUT2D eigenvalue weighted by atomic mass is 79.9. The molecular weight excluding hydrogens is 368 g/mol. The van der Waals surface area contributed by atoms with Gasteiger partial charge in [0.1, 0.15) is 0 Å². The number of carbonyl (C=O) groups is 1. The quantitative estimate of drug-likeness (QED) is 0.807. The molecule has 3 rings (SSSR count). The normalized spacial score (nSPS) is 17.6. The van der Waals surface area contributed by atoms with Crippen LogP contribution in [0.15, 0.2) is 47.2 Å². The Kier molecular flexibility index (Phi) is 5.45. The number of carbonyl (C=O) groups excluding carboxylic acids is 1. The Morgan fingerprint density at radius 2 is 2.04 bits per heavy atom. The van der Waals surface area contributed by atoms with Crippen molar-refractivity contribution in [3.05, 3.63) is 52.8 Å². The minimum atomic E-state index is -0.00459. The molecule has 1 amide bonds. The van der Waals surface area contributed by atoms with Gasteiger partial charge in [-0.05, 0) is 30.5 Å². The first kappa shape index (κ1) is 16.9. The van der Waals surface area contributed by atoms with E-state index in [9.17, 15) is 4.79 Å². The van der Waals surface area contributed by atoms with Crippen LogP contribution in [0.2, 0.25) is 0 Å². The van der Waals surface area contributed by atoms with E-state index in [-0.39, 0.29) is 11.8 Å². The van der Waals surface area contributed by atoms with E-state index < -0.39 is 0 Å². The zero-order valence-electron chi connectivity index (χ0n) is 13.7. The number of amides is 1. The molecule has 5 nitrogen and oxygen atoms in total. The molecule has 0 bridgehead atoms. The predicted molar refractivity (Wildman–Crippen MR) is 97.6 cm³/mol. The first-order valence-corrected chi connectivity index (χ1v) is 8.95. The van der Waals surface area contributed by atoms with E-state index in [1.807, 2.05) is 42.3 Å². The Labute approximate surface area is 150 Å². The molecule has 2 aromatic rings. The molecule has 0 aliphatic carbocycles. The molecule has 1 aromatic heterocycles. The molecule has 1 atom stereocenters. The fourth-order valence-corrected chi connectivity index (χ4v) is 3.50. The van der Waals surface area contributed by atoms with Crippen LogP contribution in [0.25, 0.3) is 0 Å². The fraction of sp³-hybridized carbons (Fsp3) is 0.389. The van der Waals surface area contributed by atoms with Crippen LogP contribution < -0.4 is 4.90 Å². The van der Waals surface area contributed by atoms with Crippen molar-refractivity contribution in [3.63, 3.8) is 0 Å². The Morgan fingerprint density at radius 1 is 1.29 bits per heavy atom. The third-order valence-electron chi connectivity index (χ3n) is 4.35. The van der Waals surface area contributed by atoms with Gasteiger partial charge in [-0.15, -0.1) is 0 Å². The van der Waals surface area contributed by atoms with Crippen molar-refractivity contribution in [2.24, 2.45) is 5.92 Å². The SMILES string of the molecule is CN(Cc1ccccc1Br)C(=O)C1CCCN(c2ncccn2)C1. The van der Waals surface area contributed by atoms with E-state index in [1.165, 1.54) is 0 Å². The highest BCUT2D eigenvalue weighted by Gasteiger charge is 2.29. The van der Waals surface area contributed by atoms with Gasteiger partial charge in [0.25, 0.3) is 0 Å². The van der Waals surface area contributed by atoms with E-state index in [4.69, 9.17) is 0 Å². The standard InChI is InChI=1S/C18H21BrN4O/c1-22(12-14-6-2-3-8-16(14)19)17(24)15-7-4-11-23(13-15)18-20-9-5-10-21-18/h2-3,5-6,8-10,15H,4,7,11-13H2,1H3. The number of aromatic nitrogens is 2. The van der Waals surface area contributed by atoms with E-state index in [1.54, 1.807) is 12.4 Å². The summed E-state index contributed by atoms with van der Waals surface area (Å²) in [6.45, 7) is 2.20. The topological polar surface area (TPSA) is 49.3 Å². The van der Waals surface area contributed by atoms with Crippen LogP contribution in [0, 0.1) is 5.92 Å². The van der Waals surface area contributed by atoms with Gasteiger partial charge < -0.3 is 9.80 Å². The molecule has 0 N–H and O–H groups in total. The number of hydrogen-bond acceptors (Lipinski definition) is 4. The average molecular weight is 389 g/mol. The van der Waals surface area contributed by atoms with Crippen molar-refractivity contribution in [2.45, 2.75) is 19.4 Å². The molecule has 126 valence electrons. The van der Waals surface area contributed by atoms with Crippen molar-refractivity contribution < 1.29 is 4.79 Å². The lowest BCUT2D eigenvalue weighted by Gasteiger charge is -2.34. The molecule has 1 fully saturated rings. The zero-order chi connectivity index (χ0) is 16.9. The molecule has 0 saturated carbocycles. The van der Waals surface area contributed by atoms with Crippen LogP contribution in [-0.4, -0.2) is 40.9 Å². The second kappa shape index (κ2) is 7.75. The van der Waals surface area contributed by atoms with Gasteiger partial charge in [0.05, 0.1) is 5.92 Å². The number of halogens is 1. The maximum Gasteiger partial charge on any atom is 0.227 e. The molecule has 2 heterocycles. The van der Waals surface area contributed by atoms with Crippen molar-refractivity contribution in [2.75, 3.05) is 25.0 Å². The van der Waals surface area contributed by atoms with Gasteiger partial charge in [0, 0.05) is 43.5 Å². The summed E-state index contributed by atoms with van der Waals surface area (Å²) >= 11 is 3.55. The molecule has 6 heteroatoms. The first-order valence-electron chi connectivity index (χ1n) is 8.15. The maximum atomic E-state index is 12.8. The summed E-state index contributed by atoms with van der Waals surface area (Å²) in [5, 5.41) is 0. The molecule has 1 saturated heterocycles. The maximum absolute atomic E-state index is 12.8.